The topological polar surface area (TPSA) is 74.8 Å². The molecule has 0 saturated carbocycles. The van der Waals surface area contributed by atoms with Gasteiger partial charge in [-0.2, -0.15) is 5.01 Å². The highest BCUT2D eigenvalue weighted by Gasteiger charge is 2.53. The van der Waals surface area contributed by atoms with Crippen molar-refractivity contribution in [1.29, 1.82) is 0 Å². The molecule has 0 aromatic heterocycles. The summed E-state index contributed by atoms with van der Waals surface area (Å²) >= 11 is 12.3. The summed E-state index contributed by atoms with van der Waals surface area (Å²) in [4.78, 5) is 54.3. The molecule has 2 aromatic rings. The fourth-order valence-electron chi connectivity index (χ4n) is 4.65. The van der Waals surface area contributed by atoms with E-state index < -0.39 is 35.6 Å². The molecule has 2 aromatic carbocycles. The first-order chi connectivity index (χ1) is 16.2. The van der Waals surface area contributed by atoms with Crippen LogP contribution in [0.5, 0.6) is 0 Å². The Hall–Kier alpha value is -2.96. The molecule has 0 N–H and O–H groups in total. The Morgan fingerprint density at radius 1 is 1.06 bits per heavy atom. The number of rotatable bonds is 6. The number of hydrogen-bond donors (Lipinski definition) is 0. The molecule has 0 spiro atoms. The van der Waals surface area contributed by atoms with Gasteiger partial charge in [-0.05, 0) is 44.4 Å². The second-order valence-electron chi connectivity index (χ2n) is 8.62. The first-order valence-electron chi connectivity index (χ1n) is 11.2. The molecule has 2 aliphatic rings. The van der Waals surface area contributed by atoms with Gasteiger partial charge in [0, 0.05) is 10.6 Å². The minimum absolute atomic E-state index is 0.0511. The van der Waals surface area contributed by atoms with E-state index in [0.717, 1.165) is 15.6 Å². The van der Waals surface area contributed by atoms with Crippen molar-refractivity contribution in [2.24, 2.45) is 11.8 Å². The Labute approximate surface area is 208 Å². The predicted octanol–water partition coefficient (Wildman–Crippen LogP) is 5.35. The third-order valence-electron chi connectivity index (χ3n) is 6.43. The third kappa shape index (κ3) is 4.28. The summed E-state index contributed by atoms with van der Waals surface area (Å²) in [6.45, 7) is 3.65. The lowest BCUT2D eigenvalue weighted by Crippen LogP contribution is -2.57. The van der Waals surface area contributed by atoms with Gasteiger partial charge in [0.25, 0.3) is 17.7 Å². The SMILES string of the molecule is CC[C@H](C(=O)c1ccccc1)N(C(=O)c1ccc(Cl)cc1Cl)N1C(=O)[C@H]2CC=C(C)C[C@H]2C1=O. The largest absolute Gasteiger partial charge is 0.292 e. The first-order valence-corrected chi connectivity index (χ1v) is 11.9. The molecule has 1 saturated heterocycles. The molecule has 0 radical (unpaired) electrons. The molecule has 0 bridgehead atoms. The van der Waals surface area contributed by atoms with Crippen LogP contribution in [0.25, 0.3) is 0 Å². The second kappa shape index (κ2) is 9.72. The van der Waals surface area contributed by atoms with E-state index in [9.17, 15) is 19.2 Å². The normalized spacial score (nSPS) is 20.6. The van der Waals surface area contributed by atoms with E-state index in [1.807, 2.05) is 13.0 Å². The van der Waals surface area contributed by atoms with E-state index in [-0.39, 0.29) is 22.8 Å². The number of halogens is 2. The van der Waals surface area contributed by atoms with Crippen molar-refractivity contribution in [3.63, 3.8) is 0 Å². The van der Waals surface area contributed by atoms with Crippen LogP contribution in [0.2, 0.25) is 10.0 Å². The number of carbonyl (C=O) groups is 4. The number of benzene rings is 2. The monoisotopic (exact) mass is 498 g/mol. The summed E-state index contributed by atoms with van der Waals surface area (Å²) in [7, 11) is 0. The average molecular weight is 499 g/mol. The number of carbonyl (C=O) groups excluding carboxylic acids is 4. The number of imide groups is 1. The highest BCUT2D eigenvalue weighted by molar-refractivity contribution is 6.36. The lowest BCUT2D eigenvalue weighted by atomic mass is 9.82. The summed E-state index contributed by atoms with van der Waals surface area (Å²) < 4.78 is 0. The van der Waals surface area contributed by atoms with Crippen LogP contribution in [0.4, 0.5) is 0 Å². The minimum Gasteiger partial charge on any atom is -0.292 e. The van der Waals surface area contributed by atoms with Crippen LogP contribution in [0.3, 0.4) is 0 Å². The van der Waals surface area contributed by atoms with Crippen LogP contribution in [0.15, 0.2) is 60.2 Å². The number of allylic oxidation sites excluding steroid dienone is 2. The van der Waals surface area contributed by atoms with E-state index >= 15 is 0 Å². The van der Waals surface area contributed by atoms with Crippen molar-refractivity contribution in [1.82, 2.24) is 10.0 Å². The number of nitrogens with zero attached hydrogens (tertiary/aromatic N) is 2. The van der Waals surface area contributed by atoms with Crippen LogP contribution in [0, 0.1) is 11.8 Å². The molecule has 4 rings (SSSR count). The van der Waals surface area contributed by atoms with E-state index in [1.54, 1.807) is 37.3 Å². The van der Waals surface area contributed by atoms with Crippen molar-refractivity contribution < 1.29 is 19.2 Å². The Bertz CT molecular complexity index is 1190. The van der Waals surface area contributed by atoms with Crippen LogP contribution in [-0.4, -0.2) is 39.6 Å². The molecule has 8 heteroatoms. The molecule has 1 aliphatic heterocycles. The smallest absolute Gasteiger partial charge is 0.275 e. The number of ketones is 1. The van der Waals surface area contributed by atoms with Crippen molar-refractivity contribution in [3.8, 4) is 0 Å². The van der Waals surface area contributed by atoms with E-state index in [0.29, 0.717) is 23.4 Å². The maximum atomic E-state index is 13.8. The number of hydrogen-bond acceptors (Lipinski definition) is 4. The van der Waals surface area contributed by atoms with Gasteiger partial charge in [-0.1, -0.05) is 72.1 Å². The summed E-state index contributed by atoms with van der Waals surface area (Å²) in [5, 5.41) is 2.31. The Morgan fingerprint density at radius 2 is 1.74 bits per heavy atom. The zero-order valence-corrected chi connectivity index (χ0v) is 20.3. The molecule has 176 valence electrons. The van der Waals surface area contributed by atoms with Crippen molar-refractivity contribution in [2.45, 2.75) is 39.2 Å². The van der Waals surface area contributed by atoms with Gasteiger partial charge in [0.15, 0.2) is 5.78 Å². The maximum Gasteiger partial charge on any atom is 0.275 e. The molecule has 3 atom stereocenters. The molecule has 6 nitrogen and oxygen atoms in total. The highest BCUT2D eigenvalue weighted by atomic mass is 35.5. The standard InChI is InChI=1S/C26H24Cl2N2O4/c1-3-22(23(31)16-7-5-4-6-8-16)29(25(33)19-12-10-17(27)14-21(19)28)30-24(32)18-11-9-15(2)13-20(18)26(30)34/h4-10,12,14,18,20,22H,3,11,13H2,1-2H3/t18-,20+,22+/m0/s1. The van der Waals surface area contributed by atoms with Gasteiger partial charge in [0.1, 0.15) is 6.04 Å². The molecule has 1 fully saturated rings. The quantitative estimate of drug-likeness (QED) is 0.305. The Morgan fingerprint density at radius 3 is 2.38 bits per heavy atom. The lowest BCUT2D eigenvalue weighted by Gasteiger charge is -2.36. The average Bonchev–Trinajstić information content (AvgIpc) is 3.06. The van der Waals surface area contributed by atoms with Gasteiger partial charge >= 0.3 is 0 Å². The third-order valence-corrected chi connectivity index (χ3v) is 6.98. The highest BCUT2D eigenvalue weighted by Crippen LogP contribution is 2.39. The first kappa shape index (κ1) is 24.2. The zero-order chi connectivity index (χ0) is 24.6. The number of amides is 3. The van der Waals surface area contributed by atoms with Gasteiger partial charge in [-0.3, -0.25) is 19.2 Å². The van der Waals surface area contributed by atoms with Gasteiger partial charge in [-0.25, -0.2) is 5.01 Å². The van der Waals surface area contributed by atoms with E-state index in [4.69, 9.17) is 23.2 Å². The van der Waals surface area contributed by atoms with Crippen molar-refractivity contribution in [3.05, 3.63) is 81.4 Å². The second-order valence-corrected chi connectivity index (χ2v) is 9.46. The van der Waals surface area contributed by atoms with Crippen LogP contribution >= 0.6 is 23.2 Å². The van der Waals surface area contributed by atoms with Crippen LogP contribution < -0.4 is 0 Å². The molecule has 1 aliphatic carbocycles. The van der Waals surface area contributed by atoms with Gasteiger partial charge in [0.05, 0.1) is 22.4 Å². The molecule has 1 heterocycles. The fraction of sp³-hybridized carbons (Fsp3) is 0.308. The van der Waals surface area contributed by atoms with Gasteiger partial charge in [-0.15, -0.1) is 0 Å². The van der Waals surface area contributed by atoms with Gasteiger partial charge in [0.2, 0.25) is 0 Å². The minimum atomic E-state index is -1.08. The molecule has 0 unspecified atom stereocenters. The zero-order valence-electron chi connectivity index (χ0n) is 18.8. The van der Waals surface area contributed by atoms with Crippen LogP contribution in [-0.2, 0) is 9.59 Å². The number of hydrazine groups is 1. The lowest BCUT2D eigenvalue weighted by molar-refractivity contribution is -0.156. The Kier molecular flexibility index (Phi) is 6.91. The van der Waals surface area contributed by atoms with Gasteiger partial charge < -0.3 is 0 Å². The molecular formula is C26H24Cl2N2O4. The number of Topliss-reactive ketones (excluding diaryl/α,β-unsaturated/α-hetero) is 1. The Balaban J connectivity index is 1.81. The van der Waals surface area contributed by atoms with Crippen molar-refractivity contribution in [2.75, 3.05) is 0 Å². The molecule has 34 heavy (non-hydrogen) atoms. The van der Waals surface area contributed by atoms with Crippen molar-refractivity contribution >= 4 is 46.7 Å². The van der Waals surface area contributed by atoms with E-state index in [2.05, 4.69) is 0 Å². The summed E-state index contributed by atoms with van der Waals surface area (Å²) in [5.74, 6) is -3.14. The summed E-state index contributed by atoms with van der Waals surface area (Å²) in [6, 6.07) is 11.8. The number of fused-ring (bicyclic) bond motifs is 1. The van der Waals surface area contributed by atoms with E-state index in [1.165, 1.54) is 18.2 Å². The molecule has 3 amide bonds. The predicted molar refractivity (Wildman–Crippen MR) is 129 cm³/mol. The summed E-state index contributed by atoms with van der Waals surface area (Å²) in [6.07, 6.45) is 3.00. The maximum absolute atomic E-state index is 13.8. The summed E-state index contributed by atoms with van der Waals surface area (Å²) in [5.41, 5.74) is 1.45. The van der Waals surface area contributed by atoms with Crippen LogP contribution in [0.1, 0.15) is 53.8 Å². The molecular weight excluding hydrogens is 475 g/mol. The fourth-order valence-corrected chi connectivity index (χ4v) is 5.14.